The molecule has 6 heteroatoms. The Morgan fingerprint density at radius 2 is 2.00 bits per heavy atom. The van der Waals surface area contributed by atoms with Gasteiger partial charge in [0.15, 0.2) is 23.0 Å². The van der Waals surface area contributed by atoms with Gasteiger partial charge in [-0.3, -0.25) is 9.69 Å². The molecule has 2 unspecified atom stereocenters. The summed E-state index contributed by atoms with van der Waals surface area (Å²) in [5.74, 6) is 0.936. The summed E-state index contributed by atoms with van der Waals surface area (Å²) < 4.78 is 16.5. The molecule has 1 aromatic carbocycles. The summed E-state index contributed by atoms with van der Waals surface area (Å²) in [6.45, 7) is 0.676. The molecule has 0 amide bonds. The van der Waals surface area contributed by atoms with E-state index in [4.69, 9.17) is 14.2 Å². The van der Waals surface area contributed by atoms with Gasteiger partial charge in [-0.2, -0.15) is 0 Å². The SMILES string of the molecule is COC1=CC2C3[C@H](OC)c4ccc(OC)c(O)c4[C@@]2(CC1=O)CN3C. The zero-order valence-electron chi connectivity index (χ0n) is 14.9. The molecule has 1 fully saturated rings. The van der Waals surface area contributed by atoms with Crippen LogP contribution in [0.15, 0.2) is 24.0 Å². The Balaban J connectivity index is 2.02. The van der Waals surface area contributed by atoms with Crippen LogP contribution in [0, 0.1) is 5.92 Å². The number of phenols is 1. The number of ether oxygens (including phenoxy) is 3. The topological polar surface area (TPSA) is 68.2 Å². The Kier molecular flexibility index (Phi) is 3.60. The van der Waals surface area contributed by atoms with Gasteiger partial charge >= 0.3 is 0 Å². The van der Waals surface area contributed by atoms with E-state index in [1.165, 1.54) is 14.2 Å². The van der Waals surface area contributed by atoms with E-state index in [2.05, 4.69) is 4.90 Å². The molecule has 0 aromatic heterocycles. The molecule has 4 rings (SSSR count). The minimum Gasteiger partial charge on any atom is -0.504 e. The van der Waals surface area contributed by atoms with Crippen LogP contribution in [0.25, 0.3) is 0 Å². The summed E-state index contributed by atoms with van der Waals surface area (Å²) >= 11 is 0. The molecule has 3 aliphatic rings. The van der Waals surface area contributed by atoms with Gasteiger partial charge in [-0.25, -0.2) is 0 Å². The Morgan fingerprint density at radius 3 is 2.64 bits per heavy atom. The Morgan fingerprint density at radius 1 is 1.24 bits per heavy atom. The first-order valence-corrected chi connectivity index (χ1v) is 8.41. The fraction of sp³-hybridized carbons (Fsp3) is 0.526. The lowest BCUT2D eigenvalue weighted by atomic mass is 9.58. The molecule has 0 radical (unpaired) electrons. The van der Waals surface area contributed by atoms with E-state index in [-0.39, 0.29) is 29.6 Å². The Labute approximate surface area is 147 Å². The summed E-state index contributed by atoms with van der Waals surface area (Å²) in [6.07, 6.45) is 2.04. The summed E-state index contributed by atoms with van der Waals surface area (Å²) in [4.78, 5) is 14.9. The van der Waals surface area contributed by atoms with Crippen LogP contribution in [0.2, 0.25) is 0 Å². The highest BCUT2D eigenvalue weighted by molar-refractivity contribution is 5.96. The second-order valence-corrected chi connectivity index (χ2v) is 7.16. The van der Waals surface area contributed by atoms with Crippen LogP contribution in [-0.4, -0.2) is 56.8 Å². The number of rotatable bonds is 3. The molecular weight excluding hydrogens is 322 g/mol. The van der Waals surface area contributed by atoms with Crippen molar-refractivity contribution in [2.24, 2.45) is 5.92 Å². The highest BCUT2D eigenvalue weighted by Gasteiger charge is 2.62. The second kappa shape index (κ2) is 5.47. The van der Waals surface area contributed by atoms with Crippen molar-refractivity contribution in [2.45, 2.75) is 24.0 Å². The molecule has 25 heavy (non-hydrogen) atoms. The standard InChI is InChI=1S/C19H23NO5/c1-20-9-19-8-12(21)14(24-3)7-11(19)16(20)18(25-4)10-5-6-13(23-2)17(22)15(10)19/h5-7,11,16,18,22H,8-9H2,1-4H3/t11?,16?,18-,19+/m1/s1. The predicted octanol–water partition coefficient (Wildman–Crippen LogP) is 1.77. The van der Waals surface area contributed by atoms with Crippen LogP contribution >= 0.6 is 0 Å². The molecule has 2 aliphatic carbocycles. The van der Waals surface area contributed by atoms with E-state index in [0.29, 0.717) is 24.5 Å². The van der Waals surface area contributed by atoms with Gasteiger partial charge in [0, 0.05) is 43.0 Å². The Bertz CT molecular complexity index is 773. The van der Waals surface area contributed by atoms with E-state index >= 15 is 0 Å². The second-order valence-electron chi connectivity index (χ2n) is 7.16. The first-order chi connectivity index (χ1) is 12.0. The van der Waals surface area contributed by atoms with Gasteiger partial charge in [-0.05, 0) is 24.8 Å². The molecule has 1 N–H and O–H groups in total. The Hall–Kier alpha value is -2.05. The zero-order chi connectivity index (χ0) is 17.9. The number of carbonyl (C=O) groups excluding carboxylic acids is 1. The van der Waals surface area contributed by atoms with Crippen LogP contribution in [0.3, 0.4) is 0 Å². The molecule has 134 valence electrons. The average Bonchev–Trinajstić information content (AvgIpc) is 2.81. The number of likely N-dealkylation sites (N-methyl/N-ethyl adjacent to an activating group) is 1. The molecule has 1 aromatic rings. The van der Waals surface area contributed by atoms with Crippen molar-refractivity contribution in [1.29, 1.82) is 0 Å². The molecule has 2 bridgehead atoms. The number of likely N-dealkylation sites (tertiary alicyclic amines) is 1. The van der Waals surface area contributed by atoms with Crippen molar-refractivity contribution in [3.63, 3.8) is 0 Å². The minimum absolute atomic E-state index is 0.0283. The lowest BCUT2D eigenvalue weighted by molar-refractivity contribution is -0.121. The van der Waals surface area contributed by atoms with Crippen molar-refractivity contribution >= 4 is 5.78 Å². The maximum atomic E-state index is 12.6. The monoisotopic (exact) mass is 345 g/mol. The largest absolute Gasteiger partial charge is 0.504 e. The molecule has 1 saturated heterocycles. The summed E-state index contributed by atoms with van der Waals surface area (Å²) in [5, 5.41) is 10.9. The normalized spacial score (nSPS) is 33.5. The van der Waals surface area contributed by atoms with Crippen LogP contribution < -0.4 is 4.74 Å². The third-order valence-electron chi connectivity index (χ3n) is 6.11. The number of phenolic OH excluding ortho intramolecular Hbond substituents is 1. The van der Waals surface area contributed by atoms with Gasteiger partial charge in [-0.1, -0.05) is 6.07 Å². The maximum absolute atomic E-state index is 12.6. The third-order valence-corrected chi connectivity index (χ3v) is 6.11. The van der Waals surface area contributed by atoms with Crippen molar-refractivity contribution < 1.29 is 24.1 Å². The number of aromatic hydroxyl groups is 1. The molecule has 1 aliphatic heterocycles. The number of methoxy groups -OCH3 is 3. The number of carbonyl (C=O) groups is 1. The lowest BCUT2D eigenvalue weighted by Crippen LogP contribution is -2.47. The molecular formula is C19H23NO5. The average molecular weight is 345 g/mol. The number of allylic oxidation sites excluding steroid dienone is 1. The lowest BCUT2D eigenvalue weighted by Gasteiger charge is -2.45. The van der Waals surface area contributed by atoms with Crippen LogP contribution in [0.5, 0.6) is 11.5 Å². The molecule has 1 heterocycles. The third kappa shape index (κ3) is 1.95. The molecule has 0 saturated carbocycles. The number of hydrogen-bond donors (Lipinski definition) is 1. The van der Waals surface area contributed by atoms with Gasteiger partial charge in [-0.15, -0.1) is 0 Å². The van der Waals surface area contributed by atoms with Crippen LogP contribution in [0.1, 0.15) is 23.7 Å². The smallest absolute Gasteiger partial charge is 0.197 e. The number of hydrogen-bond acceptors (Lipinski definition) is 6. The highest BCUT2D eigenvalue weighted by atomic mass is 16.5. The molecule has 0 spiro atoms. The van der Waals surface area contributed by atoms with E-state index in [9.17, 15) is 9.90 Å². The summed E-state index contributed by atoms with van der Waals surface area (Å²) in [7, 11) is 6.79. The van der Waals surface area contributed by atoms with Gasteiger partial charge in [0.25, 0.3) is 0 Å². The first kappa shape index (κ1) is 16.4. The van der Waals surface area contributed by atoms with Crippen molar-refractivity contribution in [3.05, 3.63) is 35.1 Å². The van der Waals surface area contributed by atoms with Gasteiger partial charge in [0.2, 0.25) is 0 Å². The number of Topliss-reactive ketones (excluding diaryl/α,β-unsaturated/α-hetero) is 1. The van der Waals surface area contributed by atoms with E-state index in [0.717, 1.165) is 11.1 Å². The summed E-state index contributed by atoms with van der Waals surface area (Å²) in [6, 6.07) is 3.80. The van der Waals surface area contributed by atoms with Crippen LogP contribution in [-0.2, 0) is 19.7 Å². The number of benzene rings is 1. The van der Waals surface area contributed by atoms with Crippen molar-refractivity contribution in [2.75, 3.05) is 34.9 Å². The minimum atomic E-state index is -0.485. The van der Waals surface area contributed by atoms with Gasteiger partial charge < -0.3 is 19.3 Å². The first-order valence-electron chi connectivity index (χ1n) is 8.41. The van der Waals surface area contributed by atoms with Crippen molar-refractivity contribution in [3.8, 4) is 11.5 Å². The highest BCUT2D eigenvalue weighted by Crippen LogP contribution is 2.61. The summed E-state index contributed by atoms with van der Waals surface area (Å²) in [5.41, 5.74) is 1.24. The van der Waals surface area contributed by atoms with Crippen molar-refractivity contribution in [1.82, 2.24) is 4.90 Å². The fourth-order valence-corrected chi connectivity index (χ4v) is 5.22. The number of ketones is 1. The maximum Gasteiger partial charge on any atom is 0.197 e. The fourth-order valence-electron chi connectivity index (χ4n) is 5.22. The quantitative estimate of drug-likeness (QED) is 0.901. The molecule has 4 atom stereocenters. The van der Waals surface area contributed by atoms with E-state index < -0.39 is 5.41 Å². The van der Waals surface area contributed by atoms with E-state index in [1.54, 1.807) is 13.2 Å². The predicted molar refractivity (Wildman–Crippen MR) is 90.7 cm³/mol. The number of nitrogens with zero attached hydrogens (tertiary/aromatic N) is 1. The zero-order valence-corrected chi connectivity index (χ0v) is 14.9. The molecule has 6 nitrogen and oxygen atoms in total. The van der Waals surface area contributed by atoms with E-state index in [1.807, 2.05) is 19.2 Å². The van der Waals surface area contributed by atoms with Crippen LogP contribution in [0.4, 0.5) is 0 Å². The van der Waals surface area contributed by atoms with Gasteiger partial charge in [0.1, 0.15) is 0 Å². The van der Waals surface area contributed by atoms with Gasteiger partial charge in [0.05, 0.1) is 20.3 Å². The number of fused-ring (bicyclic) bond motifs is 1.